The lowest BCUT2D eigenvalue weighted by Crippen LogP contribution is -2.47. The predicted molar refractivity (Wildman–Crippen MR) is 105 cm³/mol. The van der Waals surface area contributed by atoms with E-state index >= 15 is 0 Å². The summed E-state index contributed by atoms with van der Waals surface area (Å²) in [5, 5.41) is 0. The summed E-state index contributed by atoms with van der Waals surface area (Å²) in [7, 11) is 0. The lowest BCUT2D eigenvalue weighted by Gasteiger charge is -2.39. The van der Waals surface area contributed by atoms with Crippen LogP contribution in [0.1, 0.15) is 54.3 Å². The fraction of sp³-hybridized carbons (Fsp3) is 0.800. The third kappa shape index (κ3) is 4.46. The van der Waals surface area contributed by atoms with E-state index < -0.39 is 0 Å². The normalized spacial score (nSPS) is 30.6. The molecule has 2 aliphatic heterocycles. The highest BCUT2D eigenvalue weighted by molar-refractivity contribution is 5.52. The van der Waals surface area contributed by atoms with E-state index in [0.717, 1.165) is 43.6 Å². The maximum Gasteiger partial charge on any atom is 0.138 e. The molecule has 0 spiro atoms. The molecule has 0 amide bonds. The Morgan fingerprint density at radius 2 is 1.12 bits per heavy atom. The third-order valence-electron chi connectivity index (χ3n) is 4.86. The number of anilines is 2. The van der Waals surface area contributed by atoms with Gasteiger partial charge in [-0.1, -0.05) is 20.8 Å². The molecule has 2 fully saturated rings. The molecule has 6 heteroatoms. The van der Waals surface area contributed by atoms with Crippen molar-refractivity contribution >= 4 is 11.6 Å². The summed E-state index contributed by atoms with van der Waals surface area (Å²) in [6.45, 7) is 18.5. The molecule has 146 valence electrons. The van der Waals surface area contributed by atoms with Gasteiger partial charge in [-0.25, -0.2) is 9.97 Å². The summed E-state index contributed by atoms with van der Waals surface area (Å²) in [6, 6.07) is 2.14. The Morgan fingerprint density at radius 1 is 0.769 bits per heavy atom. The van der Waals surface area contributed by atoms with Crippen molar-refractivity contribution in [2.45, 2.75) is 78.3 Å². The highest BCUT2D eigenvalue weighted by Gasteiger charge is 2.29. The second-order valence-corrected chi connectivity index (χ2v) is 8.98. The minimum absolute atomic E-state index is 0.0994. The van der Waals surface area contributed by atoms with Crippen LogP contribution in [0.25, 0.3) is 0 Å². The quantitative estimate of drug-likeness (QED) is 0.806. The van der Waals surface area contributed by atoms with Crippen molar-refractivity contribution in [2.75, 3.05) is 36.0 Å². The van der Waals surface area contributed by atoms with Gasteiger partial charge in [0.05, 0.1) is 24.4 Å². The van der Waals surface area contributed by atoms with Crippen LogP contribution in [0, 0.1) is 0 Å². The fourth-order valence-electron chi connectivity index (χ4n) is 3.81. The number of ether oxygens (including phenoxy) is 2. The highest BCUT2D eigenvalue weighted by Crippen LogP contribution is 2.29. The van der Waals surface area contributed by atoms with E-state index in [-0.39, 0.29) is 29.8 Å². The first kappa shape index (κ1) is 19.4. The molecule has 3 rings (SSSR count). The molecule has 3 heterocycles. The lowest BCUT2D eigenvalue weighted by atomic mass is 9.95. The second kappa shape index (κ2) is 7.31. The van der Waals surface area contributed by atoms with E-state index in [1.807, 2.05) is 0 Å². The van der Waals surface area contributed by atoms with Gasteiger partial charge in [-0.05, 0) is 27.7 Å². The minimum atomic E-state index is -0.0994. The largest absolute Gasteiger partial charge is 0.372 e. The molecule has 2 aliphatic rings. The average molecular weight is 363 g/mol. The number of morpholine rings is 2. The van der Waals surface area contributed by atoms with Crippen molar-refractivity contribution in [1.29, 1.82) is 0 Å². The van der Waals surface area contributed by atoms with Gasteiger partial charge in [0.2, 0.25) is 0 Å². The molecule has 26 heavy (non-hydrogen) atoms. The van der Waals surface area contributed by atoms with Gasteiger partial charge < -0.3 is 19.3 Å². The van der Waals surface area contributed by atoms with Crippen LogP contribution in [0.4, 0.5) is 11.6 Å². The third-order valence-corrected chi connectivity index (χ3v) is 4.86. The monoisotopic (exact) mass is 362 g/mol. The molecule has 0 saturated carbocycles. The molecule has 0 N–H and O–H groups in total. The second-order valence-electron chi connectivity index (χ2n) is 8.98. The van der Waals surface area contributed by atoms with E-state index in [0.29, 0.717) is 0 Å². The zero-order valence-electron chi connectivity index (χ0n) is 17.3. The predicted octanol–water partition coefficient (Wildman–Crippen LogP) is 3.00. The molecule has 0 radical (unpaired) electrons. The maximum absolute atomic E-state index is 5.90. The molecule has 4 atom stereocenters. The minimum Gasteiger partial charge on any atom is -0.372 e. The first-order valence-corrected chi connectivity index (χ1v) is 9.82. The summed E-state index contributed by atoms with van der Waals surface area (Å²) >= 11 is 0. The first-order valence-electron chi connectivity index (χ1n) is 9.82. The molecule has 0 aromatic carbocycles. The van der Waals surface area contributed by atoms with Gasteiger partial charge in [0.15, 0.2) is 0 Å². The summed E-state index contributed by atoms with van der Waals surface area (Å²) in [4.78, 5) is 14.5. The van der Waals surface area contributed by atoms with Crippen LogP contribution in [0.3, 0.4) is 0 Å². The summed E-state index contributed by atoms with van der Waals surface area (Å²) in [6.07, 6.45) is 0.828. The van der Waals surface area contributed by atoms with Gasteiger partial charge in [-0.15, -0.1) is 0 Å². The van der Waals surface area contributed by atoms with Gasteiger partial charge in [0.25, 0.3) is 0 Å². The van der Waals surface area contributed by atoms with E-state index in [2.05, 4.69) is 64.3 Å². The summed E-state index contributed by atoms with van der Waals surface area (Å²) in [5.41, 5.74) is -0.0994. The van der Waals surface area contributed by atoms with Gasteiger partial charge in [-0.2, -0.15) is 0 Å². The van der Waals surface area contributed by atoms with Gasteiger partial charge >= 0.3 is 0 Å². The summed E-state index contributed by atoms with van der Waals surface area (Å²) < 4.78 is 11.8. The van der Waals surface area contributed by atoms with Crippen molar-refractivity contribution in [2.24, 2.45) is 0 Å². The Bertz CT molecular complexity index is 566. The molecular formula is C20H34N4O2. The first-order chi connectivity index (χ1) is 12.1. The molecule has 1 aromatic heterocycles. The topological polar surface area (TPSA) is 50.7 Å². The van der Waals surface area contributed by atoms with E-state index in [1.165, 1.54) is 0 Å². The van der Waals surface area contributed by atoms with Crippen molar-refractivity contribution in [1.82, 2.24) is 9.97 Å². The van der Waals surface area contributed by atoms with Crippen LogP contribution in [0.5, 0.6) is 0 Å². The van der Waals surface area contributed by atoms with Crippen molar-refractivity contribution in [3.63, 3.8) is 0 Å². The van der Waals surface area contributed by atoms with Crippen LogP contribution in [0.15, 0.2) is 6.07 Å². The van der Waals surface area contributed by atoms with Crippen molar-refractivity contribution in [3.05, 3.63) is 11.9 Å². The maximum atomic E-state index is 5.90. The van der Waals surface area contributed by atoms with Gasteiger partial charge in [0.1, 0.15) is 17.5 Å². The Hall–Kier alpha value is -1.40. The molecule has 2 saturated heterocycles. The van der Waals surface area contributed by atoms with Gasteiger partial charge in [-0.3, -0.25) is 0 Å². The number of hydrogen-bond donors (Lipinski definition) is 0. The molecular weight excluding hydrogens is 328 g/mol. The number of aromatic nitrogens is 2. The van der Waals surface area contributed by atoms with E-state index in [4.69, 9.17) is 19.4 Å². The van der Waals surface area contributed by atoms with Crippen LogP contribution in [-0.4, -0.2) is 60.6 Å². The van der Waals surface area contributed by atoms with Crippen LogP contribution < -0.4 is 9.80 Å². The Kier molecular flexibility index (Phi) is 5.45. The van der Waals surface area contributed by atoms with Crippen molar-refractivity contribution < 1.29 is 9.47 Å². The fourth-order valence-corrected chi connectivity index (χ4v) is 3.81. The highest BCUT2D eigenvalue weighted by atomic mass is 16.5. The van der Waals surface area contributed by atoms with Crippen LogP contribution in [-0.2, 0) is 14.9 Å². The van der Waals surface area contributed by atoms with Crippen LogP contribution in [0.2, 0.25) is 0 Å². The molecule has 0 bridgehead atoms. The standard InChI is InChI=1S/C20H34N4O2/c1-13-9-23(10-14(2)25-13)17-8-18(22-19(21-17)20(5,6)7)24-11-15(3)26-16(4)12-24/h8,13-16H,9-12H2,1-7H3/t13-,14+,15-,16+. The molecule has 6 nitrogen and oxygen atoms in total. The number of hydrogen-bond acceptors (Lipinski definition) is 6. The smallest absolute Gasteiger partial charge is 0.138 e. The van der Waals surface area contributed by atoms with Gasteiger partial charge in [0, 0.05) is 37.7 Å². The zero-order chi connectivity index (χ0) is 19.1. The molecule has 1 aromatic rings. The number of rotatable bonds is 2. The zero-order valence-corrected chi connectivity index (χ0v) is 17.3. The lowest BCUT2D eigenvalue weighted by molar-refractivity contribution is -0.00570. The van der Waals surface area contributed by atoms with Crippen molar-refractivity contribution in [3.8, 4) is 0 Å². The molecule has 0 unspecified atom stereocenters. The number of nitrogens with zero attached hydrogens (tertiary/aromatic N) is 4. The van der Waals surface area contributed by atoms with Crippen LogP contribution >= 0.6 is 0 Å². The van der Waals surface area contributed by atoms with E-state index in [1.54, 1.807) is 0 Å². The summed E-state index contributed by atoms with van der Waals surface area (Å²) in [5.74, 6) is 2.91. The molecule has 0 aliphatic carbocycles. The van der Waals surface area contributed by atoms with E-state index in [9.17, 15) is 0 Å². The Balaban J connectivity index is 1.96. The average Bonchev–Trinajstić information content (AvgIpc) is 2.52. The SMILES string of the molecule is C[C@@H]1CN(c2cc(N3C[C@@H](C)O[C@@H](C)C3)nc(C(C)(C)C)n2)C[C@H](C)O1. The Morgan fingerprint density at radius 3 is 1.42 bits per heavy atom. The Labute approximate surface area is 157 Å².